The summed E-state index contributed by atoms with van der Waals surface area (Å²) in [6.45, 7) is 1.57. The van der Waals surface area contributed by atoms with Gasteiger partial charge in [-0.3, -0.25) is 0 Å². The smallest absolute Gasteiger partial charge is 0.357 e. The van der Waals surface area contributed by atoms with Gasteiger partial charge in [0.05, 0.1) is 23.4 Å². The number of halogens is 2. The summed E-state index contributed by atoms with van der Waals surface area (Å²) in [6, 6.07) is 1.62. The summed E-state index contributed by atoms with van der Waals surface area (Å²) < 4.78 is 30.1. The number of esters is 1. The lowest BCUT2D eigenvalue weighted by atomic mass is 10.1. The summed E-state index contributed by atoms with van der Waals surface area (Å²) >= 11 is 0. The number of pyridine rings is 1. The summed E-state index contributed by atoms with van der Waals surface area (Å²) in [7, 11) is 0. The maximum absolute atomic E-state index is 12.8. The number of hydrogen-bond acceptors (Lipinski definition) is 5. The van der Waals surface area contributed by atoms with Crippen LogP contribution >= 0.6 is 0 Å². The Kier molecular flexibility index (Phi) is 3.93. The largest absolute Gasteiger partial charge is 0.461 e. The number of carbonyl (C=O) groups is 1. The van der Waals surface area contributed by atoms with Crippen LogP contribution in [0.15, 0.2) is 6.20 Å². The summed E-state index contributed by atoms with van der Waals surface area (Å²) in [5.41, 5.74) is 3.42. The minimum Gasteiger partial charge on any atom is -0.461 e. The maximum Gasteiger partial charge on any atom is 0.357 e. The van der Waals surface area contributed by atoms with Crippen LogP contribution in [0.25, 0.3) is 0 Å². The van der Waals surface area contributed by atoms with E-state index in [0.29, 0.717) is 0 Å². The molecule has 7 heteroatoms. The van der Waals surface area contributed by atoms with Gasteiger partial charge in [0.2, 0.25) is 0 Å². The maximum atomic E-state index is 12.8. The fourth-order valence-electron chi connectivity index (χ4n) is 1.21. The van der Waals surface area contributed by atoms with Gasteiger partial charge in [0.1, 0.15) is 6.07 Å². The number of nitrogens with two attached hydrogens (primary N) is 1. The molecule has 1 heterocycles. The second-order valence-corrected chi connectivity index (χ2v) is 2.98. The van der Waals surface area contributed by atoms with Crippen molar-refractivity contribution in [3.8, 4) is 6.07 Å². The fraction of sp³-hybridized carbons (Fsp3) is 0.300. The van der Waals surface area contributed by atoms with Crippen LogP contribution in [0.4, 0.5) is 14.5 Å². The Labute approximate surface area is 95.8 Å². The number of rotatable bonds is 3. The molecule has 0 saturated heterocycles. The Morgan fingerprint density at radius 2 is 2.35 bits per heavy atom. The van der Waals surface area contributed by atoms with Gasteiger partial charge in [-0.15, -0.1) is 0 Å². The van der Waals surface area contributed by atoms with Crippen molar-refractivity contribution in [1.29, 1.82) is 5.26 Å². The molecule has 0 fully saturated rings. The van der Waals surface area contributed by atoms with E-state index in [2.05, 4.69) is 9.72 Å². The van der Waals surface area contributed by atoms with E-state index in [-0.39, 0.29) is 12.2 Å². The molecule has 0 spiro atoms. The molecule has 0 aromatic carbocycles. The third-order valence-electron chi connectivity index (χ3n) is 1.97. The topological polar surface area (TPSA) is 89.0 Å². The third kappa shape index (κ3) is 2.47. The molecular weight excluding hydrogens is 232 g/mol. The molecule has 0 radical (unpaired) electrons. The first-order chi connectivity index (χ1) is 8.02. The van der Waals surface area contributed by atoms with E-state index in [9.17, 15) is 13.6 Å². The Hall–Kier alpha value is -2.23. The Morgan fingerprint density at radius 1 is 1.71 bits per heavy atom. The first-order valence-corrected chi connectivity index (χ1v) is 4.66. The molecular formula is C10H9F2N3O2. The fourth-order valence-corrected chi connectivity index (χ4v) is 1.21. The first kappa shape index (κ1) is 12.8. The van der Waals surface area contributed by atoms with Crippen LogP contribution in [0.2, 0.25) is 0 Å². The molecule has 0 unspecified atom stereocenters. The molecule has 1 rings (SSSR count). The van der Waals surface area contributed by atoms with Crippen LogP contribution in [-0.4, -0.2) is 17.6 Å². The second-order valence-electron chi connectivity index (χ2n) is 2.98. The standard InChI is InChI=1S/C10H9F2N3O2/c1-2-17-10(16)8-6(9(11)12)7(14)5(3-13)4-15-8/h4,9H,2H2,1H3,(H2,14,15). The number of carbonyl (C=O) groups excluding carboxylic acids is 1. The van der Waals surface area contributed by atoms with Crippen molar-refractivity contribution in [2.45, 2.75) is 13.3 Å². The molecule has 0 saturated carbocycles. The molecule has 1 aromatic rings. The number of nitrogens with zero attached hydrogens (tertiary/aromatic N) is 2. The number of hydrogen-bond donors (Lipinski definition) is 1. The van der Waals surface area contributed by atoms with Gasteiger partial charge in [-0.2, -0.15) is 5.26 Å². The molecule has 0 aliphatic heterocycles. The van der Waals surface area contributed by atoms with Crippen molar-refractivity contribution in [2.24, 2.45) is 0 Å². The van der Waals surface area contributed by atoms with Gasteiger partial charge in [0, 0.05) is 6.20 Å². The Balaban J connectivity index is 3.37. The van der Waals surface area contributed by atoms with Crippen LogP contribution in [0.5, 0.6) is 0 Å². The number of alkyl halides is 2. The molecule has 0 aliphatic carbocycles. The SMILES string of the molecule is CCOC(=O)c1ncc(C#N)c(N)c1C(F)F. The number of anilines is 1. The van der Waals surface area contributed by atoms with Gasteiger partial charge >= 0.3 is 5.97 Å². The Bertz CT molecular complexity index is 483. The van der Waals surface area contributed by atoms with Gasteiger partial charge in [-0.1, -0.05) is 0 Å². The lowest BCUT2D eigenvalue weighted by molar-refractivity contribution is 0.0508. The number of aromatic nitrogens is 1. The molecule has 2 N–H and O–H groups in total. The summed E-state index contributed by atoms with van der Waals surface area (Å²) in [6.07, 6.45) is -2.04. The quantitative estimate of drug-likeness (QED) is 0.812. The van der Waals surface area contributed by atoms with Gasteiger partial charge in [0.25, 0.3) is 6.43 Å². The highest BCUT2D eigenvalue weighted by atomic mass is 19.3. The lowest BCUT2D eigenvalue weighted by Gasteiger charge is -2.10. The average Bonchev–Trinajstić information content (AvgIpc) is 2.28. The number of nitrogen functional groups attached to an aromatic ring is 1. The van der Waals surface area contributed by atoms with E-state index in [1.54, 1.807) is 6.07 Å². The molecule has 90 valence electrons. The van der Waals surface area contributed by atoms with Gasteiger partial charge in [-0.05, 0) is 6.92 Å². The lowest BCUT2D eigenvalue weighted by Crippen LogP contribution is -2.14. The van der Waals surface area contributed by atoms with Crippen molar-refractivity contribution in [3.63, 3.8) is 0 Å². The molecule has 17 heavy (non-hydrogen) atoms. The molecule has 0 atom stereocenters. The highest BCUT2D eigenvalue weighted by Gasteiger charge is 2.25. The Morgan fingerprint density at radius 3 is 2.82 bits per heavy atom. The molecule has 0 aliphatic rings. The highest BCUT2D eigenvalue weighted by molar-refractivity contribution is 5.91. The average molecular weight is 241 g/mol. The van der Waals surface area contributed by atoms with Gasteiger partial charge < -0.3 is 10.5 Å². The minimum absolute atomic E-state index is 0.0309. The van der Waals surface area contributed by atoms with Crippen LogP contribution in [0.1, 0.15) is 35.0 Å². The molecule has 0 amide bonds. The third-order valence-corrected chi connectivity index (χ3v) is 1.97. The van der Waals surface area contributed by atoms with E-state index in [1.165, 1.54) is 6.92 Å². The van der Waals surface area contributed by atoms with E-state index >= 15 is 0 Å². The second kappa shape index (κ2) is 5.21. The van der Waals surface area contributed by atoms with Crippen molar-refractivity contribution >= 4 is 11.7 Å². The van der Waals surface area contributed by atoms with Gasteiger partial charge in [0.15, 0.2) is 5.69 Å². The van der Waals surface area contributed by atoms with E-state index in [1.807, 2.05) is 0 Å². The zero-order chi connectivity index (χ0) is 13.0. The van der Waals surface area contributed by atoms with Crippen molar-refractivity contribution in [1.82, 2.24) is 4.98 Å². The normalized spacial score (nSPS) is 10.1. The highest BCUT2D eigenvalue weighted by Crippen LogP contribution is 2.30. The minimum atomic E-state index is -3.00. The number of ether oxygens (including phenoxy) is 1. The molecule has 1 aromatic heterocycles. The van der Waals surface area contributed by atoms with Crippen LogP contribution < -0.4 is 5.73 Å². The zero-order valence-corrected chi connectivity index (χ0v) is 8.91. The first-order valence-electron chi connectivity index (χ1n) is 4.66. The van der Waals surface area contributed by atoms with Crippen LogP contribution in [0, 0.1) is 11.3 Å². The zero-order valence-electron chi connectivity index (χ0n) is 8.91. The van der Waals surface area contributed by atoms with Crippen LogP contribution in [-0.2, 0) is 4.74 Å². The van der Waals surface area contributed by atoms with E-state index in [4.69, 9.17) is 11.0 Å². The monoisotopic (exact) mass is 241 g/mol. The summed E-state index contributed by atoms with van der Waals surface area (Å²) in [5.74, 6) is -0.987. The molecule has 0 bridgehead atoms. The van der Waals surface area contributed by atoms with Crippen LogP contribution in [0.3, 0.4) is 0 Å². The predicted molar refractivity (Wildman–Crippen MR) is 54.3 cm³/mol. The predicted octanol–water partition coefficient (Wildman–Crippen LogP) is 1.65. The van der Waals surface area contributed by atoms with E-state index < -0.39 is 29.3 Å². The number of nitriles is 1. The van der Waals surface area contributed by atoms with Crippen molar-refractivity contribution in [3.05, 3.63) is 23.0 Å². The van der Waals surface area contributed by atoms with Crippen molar-refractivity contribution < 1.29 is 18.3 Å². The van der Waals surface area contributed by atoms with Crippen molar-refractivity contribution in [2.75, 3.05) is 12.3 Å². The van der Waals surface area contributed by atoms with Gasteiger partial charge in [-0.25, -0.2) is 18.6 Å². The van der Waals surface area contributed by atoms with E-state index in [0.717, 1.165) is 6.20 Å². The molecule has 5 nitrogen and oxygen atoms in total. The summed E-state index contributed by atoms with van der Waals surface area (Å²) in [5, 5.41) is 8.63. The summed E-state index contributed by atoms with van der Waals surface area (Å²) in [4.78, 5) is 14.9.